The summed E-state index contributed by atoms with van der Waals surface area (Å²) in [6.07, 6.45) is 5.32. The quantitative estimate of drug-likeness (QED) is 0.794. The summed E-state index contributed by atoms with van der Waals surface area (Å²) in [5.74, 6) is 1.52. The highest BCUT2D eigenvalue weighted by atomic mass is 32.2. The van der Waals surface area contributed by atoms with Gasteiger partial charge in [-0.15, -0.1) is 10.2 Å². The predicted octanol–water partition coefficient (Wildman–Crippen LogP) is 1.54. The Balaban J connectivity index is 1.99. The number of rotatable bonds is 5. The van der Waals surface area contributed by atoms with Crippen LogP contribution in [0.15, 0.2) is 5.16 Å². The Morgan fingerprint density at radius 2 is 2.06 bits per heavy atom. The number of hydrogen-bond acceptors (Lipinski definition) is 5. The molecule has 1 fully saturated rings. The average Bonchev–Trinajstić information content (AvgIpc) is 2.79. The summed E-state index contributed by atoms with van der Waals surface area (Å²) in [7, 11) is 0. The molecule has 3 N–H and O–H groups in total. The standard InChI is InChI=1S/C12H22N4OS/c1-2-16-10(8-13)14-15-11(16)18-9-12(17)6-4-3-5-7-12/h17H,2-9,13H2,1H3. The highest BCUT2D eigenvalue weighted by Crippen LogP contribution is 2.33. The molecule has 0 spiro atoms. The molecule has 0 radical (unpaired) electrons. The molecular formula is C12H22N4OS. The van der Waals surface area contributed by atoms with Crippen molar-refractivity contribution in [1.82, 2.24) is 14.8 Å². The fourth-order valence-corrected chi connectivity index (χ4v) is 3.62. The molecule has 0 saturated heterocycles. The molecule has 0 atom stereocenters. The summed E-state index contributed by atoms with van der Waals surface area (Å²) in [6, 6.07) is 0. The van der Waals surface area contributed by atoms with Crippen molar-refractivity contribution in [3.8, 4) is 0 Å². The summed E-state index contributed by atoms with van der Waals surface area (Å²) < 4.78 is 2.02. The Labute approximate surface area is 112 Å². The Morgan fingerprint density at radius 3 is 2.67 bits per heavy atom. The van der Waals surface area contributed by atoms with E-state index in [0.29, 0.717) is 12.3 Å². The predicted molar refractivity (Wildman–Crippen MR) is 72.3 cm³/mol. The third-order valence-corrected chi connectivity index (χ3v) is 4.79. The third kappa shape index (κ3) is 3.05. The van der Waals surface area contributed by atoms with E-state index < -0.39 is 5.60 Å². The van der Waals surface area contributed by atoms with Crippen LogP contribution in [0.3, 0.4) is 0 Å². The lowest BCUT2D eigenvalue weighted by Gasteiger charge is -2.31. The maximum Gasteiger partial charge on any atom is 0.191 e. The number of thioether (sulfide) groups is 1. The molecule has 0 amide bonds. The molecule has 1 aromatic heterocycles. The fourth-order valence-electron chi connectivity index (χ4n) is 2.45. The van der Waals surface area contributed by atoms with Gasteiger partial charge in [-0.05, 0) is 19.8 Å². The zero-order chi connectivity index (χ0) is 13.0. The van der Waals surface area contributed by atoms with Gasteiger partial charge in [0.05, 0.1) is 12.1 Å². The summed E-state index contributed by atoms with van der Waals surface area (Å²) in [5, 5.41) is 19.6. The van der Waals surface area contributed by atoms with Gasteiger partial charge >= 0.3 is 0 Å². The average molecular weight is 270 g/mol. The van der Waals surface area contributed by atoms with E-state index in [1.54, 1.807) is 11.8 Å². The molecule has 0 aromatic carbocycles. The number of aromatic nitrogens is 3. The maximum absolute atomic E-state index is 10.5. The minimum Gasteiger partial charge on any atom is -0.389 e. The van der Waals surface area contributed by atoms with Gasteiger partial charge in [-0.25, -0.2) is 0 Å². The second-order valence-corrected chi connectivity index (χ2v) is 5.86. The van der Waals surface area contributed by atoms with Crippen LogP contribution >= 0.6 is 11.8 Å². The van der Waals surface area contributed by atoms with Gasteiger partial charge in [0.1, 0.15) is 5.82 Å². The van der Waals surface area contributed by atoms with E-state index in [-0.39, 0.29) is 0 Å². The van der Waals surface area contributed by atoms with Crippen molar-refractivity contribution in [2.24, 2.45) is 5.73 Å². The fraction of sp³-hybridized carbons (Fsp3) is 0.833. The van der Waals surface area contributed by atoms with Crippen LogP contribution in [0.5, 0.6) is 0 Å². The first-order valence-corrected chi connectivity index (χ1v) is 7.64. The van der Waals surface area contributed by atoms with Crippen LogP contribution in [-0.4, -0.2) is 31.2 Å². The SMILES string of the molecule is CCn1c(CN)nnc1SCC1(O)CCCCC1. The molecule has 1 aliphatic rings. The van der Waals surface area contributed by atoms with Gasteiger partial charge in [0.25, 0.3) is 0 Å². The van der Waals surface area contributed by atoms with Crippen molar-refractivity contribution in [3.05, 3.63) is 5.82 Å². The summed E-state index contributed by atoms with van der Waals surface area (Å²) in [5.41, 5.74) is 5.10. The molecule has 1 saturated carbocycles. The monoisotopic (exact) mass is 270 g/mol. The molecule has 2 rings (SSSR count). The van der Waals surface area contributed by atoms with Crippen molar-refractivity contribution in [3.63, 3.8) is 0 Å². The van der Waals surface area contributed by atoms with Gasteiger partial charge in [-0.1, -0.05) is 31.0 Å². The number of hydrogen-bond donors (Lipinski definition) is 2. The Hall–Kier alpha value is -0.590. The molecule has 102 valence electrons. The van der Waals surface area contributed by atoms with Gasteiger partial charge < -0.3 is 15.4 Å². The summed E-state index contributed by atoms with van der Waals surface area (Å²) in [6.45, 7) is 3.29. The maximum atomic E-state index is 10.5. The zero-order valence-electron chi connectivity index (χ0n) is 10.9. The van der Waals surface area contributed by atoms with Crippen molar-refractivity contribution in [2.75, 3.05) is 5.75 Å². The molecule has 1 aliphatic carbocycles. The third-order valence-electron chi connectivity index (χ3n) is 3.55. The summed E-state index contributed by atoms with van der Waals surface area (Å²) >= 11 is 1.60. The minimum atomic E-state index is -0.518. The van der Waals surface area contributed by atoms with E-state index in [4.69, 9.17) is 5.73 Å². The van der Waals surface area contributed by atoms with Crippen LogP contribution in [0.4, 0.5) is 0 Å². The van der Waals surface area contributed by atoms with Gasteiger partial charge in [0.2, 0.25) is 0 Å². The second kappa shape index (κ2) is 6.04. The van der Waals surface area contributed by atoms with Crippen LogP contribution in [0.25, 0.3) is 0 Å². The topological polar surface area (TPSA) is 77.0 Å². The van der Waals surface area contributed by atoms with Crippen molar-refractivity contribution in [2.45, 2.75) is 62.9 Å². The number of nitrogens with zero attached hydrogens (tertiary/aromatic N) is 3. The lowest BCUT2D eigenvalue weighted by molar-refractivity contribution is 0.0272. The number of aliphatic hydroxyl groups is 1. The molecule has 0 aliphatic heterocycles. The first kappa shape index (κ1) is 13.8. The smallest absolute Gasteiger partial charge is 0.191 e. The van der Waals surface area contributed by atoms with Crippen LogP contribution in [0, 0.1) is 0 Å². The molecule has 1 heterocycles. The Bertz CT molecular complexity index is 387. The van der Waals surface area contributed by atoms with Crippen LogP contribution in [-0.2, 0) is 13.1 Å². The van der Waals surface area contributed by atoms with E-state index in [9.17, 15) is 5.11 Å². The van der Waals surface area contributed by atoms with E-state index in [1.807, 2.05) is 4.57 Å². The van der Waals surface area contributed by atoms with Crippen molar-refractivity contribution >= 4 is 11.8 Å². The first-order valence-electron chi connectivity index (χ1n) is 6.66. The first-order chi connectivity index (χ1) is 8.68. The molecule has 5 nitrogen and oxygen atoms in total. The molecule has 1 aromatic rings. The summed E-state index contributed by atoms with van der Waals surface area (Å²) in [4.78, 5) is 0. The van der Waals surface area contributed by atoms with E-state index in [1.165, 1.54) is 6.42 Å². The van der Waals surface area contributed by atoms with E-state index in [2.05, 4.69) is 17.1 Å². The molecular weight excluding hydrogens is 248 g/mol. The molecule has 6 heteroatoms. The van der Waals surface area contributed by atoms with E-state index in [0.717, 1.165) is 43.2 Å². The second-order valence-electron chi connectivity index (χ2n) is 4.92. The van der Waals surface area contributed by atoms with Crippen LogP contribution in [0.1, 0.15) is 44.9 Å². The van der Waals surface area contributed by atoms with Crippen LogP contribution in [0.2, 0.25) is 0 Å². The van der Waals surface area contributed by atoms with E-state index >= 15 is 0 Å². The largest absolute Gasteiger partial charge is 0.389 e. The Kier molecular flexibility index (Phi) is 4.64. The zero-order valence-corrected chi connectivity index (χ0v) is 11.7. The lowest BCUT2D eigenvalue weighted by Crippen LogP contribution is -2.34. The lowest BCUT2D eigenvalue weighted by atomic mass is 9.86. The van der Waals surface area contributed by atoms with Gasteiger partial charge in [0.15, 0.2) is 5.16 Å². The van der Waals surface area contributed by atoms with Gasteiger partial charge in [-0.2, -0.15) is 0 Å². The van der Waals surface area contributed by atoms with Crippen molar-refractivity contribution < 1.29 is 5.11 Å². The highest BCUT2D eigenvalue weighted by Gasteiger charge is 2.29. The van der Waals surface area contributed by atoms with Gasteiger partial charge in [0, 0.05) is 12.3 Å². The minimum absolute atomic E-state index is 0.408. The molecule has 0 bridgehead atoms. The van der Waals surface area contributed by atoms with Crippen molar-refractivity contribution in [1.29, 1.82) is 0 Å². The number of nitrogens with two attached hydrogens (primary N) is 1. The normalized spacial score (nSPS) is 19.1. The highest BCUT2D eigenvalue weighted by molar-refractivity contribution is 7.99. The molecule has 0 unspecified atom stereocenters. The Morgan fingerprint density at radius 1 is 1.33 bits per heavy atom. The van der Waals surface area contributed by atoms with Crippen LogP contribution < -0.4 is 5.73 Å². The van der Waals surface area contributed by atoms with Gasteiger partial charge in [-0.3, -0.25) is 0 Å². The molecule has 18 heavy (non-hydrogen) atoms.